The molecule has 0 rings (SSSR count). The van der Waals surface area contributed by atoms with Gasteiger partial charge in [0.1, 0.15) is 0 Å². The maximum absolute atomic E-state index is 3.79. The van der Waals surface area contributed by atoms with E-state index in [9.17, 15) is 0 Å². The number of allylic oxidation sites excluding steroid dienone is 2. The zero-order valence-electron chi connectivity index (χ0n) is 8.96. The molecule has 0 aliphatic rings. The highest BCUT2D eigenvalue weighted by Crippen LogP contribution is 2.27. The largest absolute Gasteiger partial charge is 0.155 e. The van der Waals surface area contributed by atoms with E-state index in [4.69, 9.17) is 0 Å². The summed E-state index contributed by atoms with van der Waals surface area (Å²) in [5.41, 5.74) is 0. The molecule has 0 saturated heterocycles. The van der Waals surface area contributed by atoms with Crippen molar-refractivity contribution in [3.63, 3.8) is 0 Å². The Kier molecular flexibility index (Phi) is 8.32. The molecule has 0 aliphatic heterocycles. The molecule has 1 heteroatoms. The van der Waals surface area contributed by atoms with E-state index in [1.54, 1.807) is 0 Å². The van der Waals surface area contributed by atoms with Crippen LogP contribution in [0.3, 0.4) is 0 Å². The van der Waals surface area contributed by atoms with E-state index in [2.05, 4.69) is 38.8 Å². The summed E-state index contributed by atoms with van der Waals surface area (Å²) in [4.78, 5) is 0. The van der Waals surface area contributed by atoms with Crippen LogP contribution in [0.1, 0.15) is 39.5 Å². The average Bonchev–Trinajstić information content (AvgIpc) is 2.16. The van der Waals surface area contributed by atoms with Crippen LogP contribution in [0.25, 0.3) is 0 Å². The molecule has 2 unspecified atom stereocenters. The smallest absolute Gasteiger partial charge is 0.00817 e. The summed E-state index contributed by atoms with van der Waals surface area (Å²) in [6.07, 6.45) is 8.81. The van der Waals surface area contributed by atoms with Crippen LogP contribution >= 0.6 is 11.8 Å². The maximum Gasteiger partial charge on any atom is 0.00817 e. The Labute approximate surface area is 87.5 Å². The van der Waals surface area contributed by atoms with E-state index in [1.165, 1.54) is 12.8 Å². The van der Waals surface area contributed by atoms with E-state index < -0.39 is 0 Å². The first-order valence-electron chi connectivity index (χ1n) is 5.15. The first kappa shape index (κ1) is 12.8. The highest BCUT2D eigenvalue weighted by molar-refractivity contribution is 8.00. The summed E-state index contributed by atoms with van der Waals surface area (Å²) in [5.74, 6) is 0. The fourth-order valence-electron chi connectivity index (χ4n) is 1.28. The van der Waals surface area contributed by atoms with E-state index >= 15 is 0 Å². The number of hydrogen-bond donors (Lipinski definition) is 0. The van der Waals surface area contributed by atoms with Gasteiger partial charge in [-0.3, -0.25) is 0 Å². The third kappa shape index (κ3) is 5.98. The monoisotopic (exact) mass is 198 g/mol. The van der Waals surface area contributed by atoms with Crippen molar-refractivity contribution in [3.05, 3.63) is 25.3 Å². The molecule has 0 nitrogen and oxygen atoms in total. The van der Waals surface area contributed by atoms with Crippen molar-refractivity contribution in [1.29, 1.82) is 0 Å². The van der Waals surface area contributed by atoms with Gasteiger partial charge in [-0.05, 0) is 25.7 Å². The Hall–Kier alpha value is -0.170. The molecule has 0 heterocycles. The predicted octanol–water partition coefficient (Wildman–Crippen LogP) is 4.43. The first-order chi connectivity index (χ1) is 6.28. The summed E-state index contributed by atoms with van der Waals surface area (Å²) >= 11 is 2.10. The SMILES string of the molecule is C=CCC(CC)SC(CC)CC=C. The first-order valence-corrected chi connectivity index (χ1v) is 6.09. The lowest BCUT2D eigenvalue weighted by Crippen LogP contribution is -2.08. The summed E-state index contributed by atoms with van der Waals surface area (Å²) in [5, 5.41) is 1.50. The van der Waals surface area contributed by atoms with Gasteiger partial charge in [-0.25, -0.2) is 0 Å². The Morgan fingerprint density at radius 2 is 1.38 bits per heavy atom. The zero-order chi connectivity index (χ0) is 10.1. The van der Waals surface area contributed by atoms with Crippen molar-refractivity contribution in [2.45, 2.75) is 50.0 Å². The topological polar surface area (TPSA) is 0 Å². The molecule has 0 aromatic carbocycles. The van der Waals surface area contributed by atoms with E-state index in [1.807, 2.05) is 12.2 Å². The summed E-state index contributed by atoms with van der Waals surface area (Å²) in [6.45, 7) is 12.1. The lowest BCUT2D eigenvalue weighted by Gasteiger charge is -2.19. The highest BCUT2D eigenvalue weighted by Gasteiger charge is 2.11. The second-order valence-electron chi connectivity index (χ2n) is 3.25. The molecule has 0 amide bonds. The van der Waals surface area contributed by atoms with Crippen LogP contribution in [0, 0.1) is 0 Å². The van der Waals surface area contributed by atoms with Gasteiger partial charge < -0.3 is 0 Å². The summed E-state index contributed by atoms with van der Waals surface area (Å²) < 4.78 is 0. The van der Waals surface area contributed by atoms with Gasteiger partial charge in [0.2, 0.25) is 0 Å². The van der Waals surface area contributed by atoms with E-state index in [0.29, 0.717) is 0 Å². The van der Waals surface area contributed by atoms with Gasteiger partial charge in [0.05, 0.1) is 0 Å². The molecule has 13 heavy (non-hydrogen) atoms. The molecule has 0 N–H and O–H groups in total. The van der Waals surface area contributed by atoms with Crippen LogP contribution in [0.2, 0.25) is 0 Å². The Bertz CT molecular complexity index is 124. The fourth-order valence-corrected chi connectivity index (χ4v) is 2.70. The molecule has 2 atom stereocenters. The third-order valence-corrected chi connectivity index (χ3v) is 3.98. The molecule has 0 aliphatic carbocycles. The van der Waals surface area contributed by atoms with Crippen molar-refractivity contribution in [2.24, 2.45) is 0 Å². The Morgan fingerprint density at radius 1 is 1.00 bits per heavy atom. The molecule has 0 aromatic heterocycles. The quantitative estimate of drug-likeness (QED) is 0.520. The van der Waals surface area contributed by atoms with Crippen LogP contribution in [0.5, 0.6) is 0 Å². The molecule has 76 valence electrons. The lowest BCUT2D eigenvalue weighted by atomic mass is 10.2. The zero-order valence-corrected chi connectivity index (χ0v) is 9.78. The fraction of sp³-hybridized carbons (Fsp3) is 0.667. The van der Waals surface area contributed by atoms with E-state index in [0.717, 1.165) is 23.3 Å². The summed E-state index contributed by atoms with van der Waals surface area (Å²) in [7, 11) is 0. The summed E-state index contributed by atoms with van der Waals surface area (Å²) in [6, 6.07) is 0. The minimum Gasteiger partial charge on any atom is -0.155 e. The van der Waals surface area contributed by atoms with Gasteiger partial charge in [-0.1, -0.05) is 26.0 Å². The number of hydrogen-bond acceptors (Lipinski definition) is 1. The minimum atomic E-state index is 0.752. The molecule has 0 fully saturated rings. The standard InChI is InChI=1S/C12H22S/c1-5-9-11(7-3)13-12(8-4)10-6-2/h5-6,11-12H,1-2,7-10H2,3-4H3. The van der Waals surface area contributed by atoms with E-state index in [-0.39, 0.29) is 0 Å². The molecule has 0 aromatic rings. The van der Waals surface area contributed by atoms with Crippen molar-refractivity contribution in [2.75, 3.05) is 0 Å². The molecule has 0 bridgehead atoms. The third-order valence-electron chi connectivity index (χ3n) is 2.15. The Balaban J connectivity index is 3.85. The molecule has 0 saturated carbocycles. The minimum absolute atomic E-state index is 0.752. The number of thioether (sulfide) groups is 1. The molecule has 0 radical (unpaired) electrons. The van der Waals surface area contributed by atoms with Gasteiger partial charge in [0.15, 0.2) is 0 Å². The van der Waals surface area contributed by atoms with Gasteiger partial charge in [-0.2, -0.15) is 11.8 Å². The highest BCUT2D eigenvalue weighted by atomic mass is 32.2. The van der Waals surface area contributed by atoms with Crippen LogP contribution in [-0.4, -0.2) is 10.5 Å². The lowest BCUT2D eigenvalue weighted by molar-refractivity contribution is 0.792. The van der Waals surface area contributed by atoms with Crippen molar-refractivity contribution in [1.82, 2.24) is 0 Å². The van der Waals surface area contributed by atoms with Crippen LogP contribution < -0.4 is 0 Å². The number of rotatable bonds is 8. The Morgan fingerprint density at radius 3 is 1.62 bits per heavy atom. The van der Waals surface area contributed by atoms with Crippen LogP contribution in [0.15, 0.2) is 25.3 Å². The van der Waals surface area contributed by atoms with Gasteiger partial charge >= 0.3 is 0 Å². The second-order valence-corrected chi connectivity index (χ2v) is 4.85. The van der Waals surface area contributed by atoms with Gasteiger partial charge in [-0.15, -0.1) is 13.2 Å². The van der Waals surface area contributed by atoms with Crippen molar-refractivity contribution < 1.29 is 0 Å². The van der Waals surface area contributed by atoms with Gasteiger partial charge in [0, 0.05) is 10.5 Å². The second kappa shape index (κ2) is 8.43. The molecular weight excluding hydrogens is 176 g/mol. The van der Waals surface area contributed by atoms with Crippen molar-refractivity contribution in [3.8, 4) is 0 Å². The van der Waals surface area contributed by atoms with Crippen molar-refractivity contribution >= 4 is 11.8 Å². The predicted molar refractivity (Wildman–Crippen MR) is 65.4 cm³/mol. The van der Waals surface area contributed by atoms with Crippen LogP contribution in [-0.2, 0) is 0 Å². The molecular formula is C12H22S. The normalized spacial score (nSPS) is 14.9. The average molecular weight is 198 g/mol. The molecule has 0 spiro atoms. The maximum atomic E-state index is 3.79. The van der Waals surface area contributed by atoms with Crippen LogP contribution in [0.4, 0.5) is 0 Å². The van der Waals surface area contributed by atoms with Gasteiger partial charge in [0.25, 0.3) is 0 Å².